The number of aromatic hydroxyl groups is 1. The highest BCUT2D eigenvalue weighted by Crippen LogP contribution is 2.28. The lowest BCUT2D eigenvalue weighted by atomic mass is 9.96. The van der Waals surface area contributed by atoms with E-state index in [1.54, 1.807) is 0 Å². The molecule has 0 unspecified atom stereocenters. The van der Waals surface area contributed by atoms with E-state index in [9.17, 15) is 29.1 Å². The van der Waals surface area contributed by atoms with Crippen molar-refractivity contribution >= 4 is 29.8 Å². The topological polar surface area (TPSA) is 164 Å². The summed E-state index contributed by atoms with van der Waals surface area (Å²) in [5.41, 5.74) is 0.0562. The summed E-state index contributed by atoms with van der Waals surface area (Å²) in [6.45, 7) is 4.11. The number of rotatable bonds is 7. The zero-order chi connectivity index (χ0) is 24.7. The van der Waals surface area contributed by atoms with Crippen molar-refractivity contribution in [3.05, 3.63) is 29.8 Å². The number of phenolic OH excluding ortho intramolecular Hbond substituents is 1. The van der Waals surface area contributed by atoms with Crippen molar-refractivity contribution in [3.63, 3.8) is 0 Å². The molecule has 1 saturated heterocycles. The van der Waals surface area contributed by atoms with E-state index in [0.717, 1.165) is 20.8 Å². The van der Waals surface area contributed by atoms with Gasteiger partial charge in [-0.2, -0.15) is 0 Å². The van der Waals surface area contributed by atoms with Crippen LogP contribution in [-0.4, -0.2) is 72.1 Å². The van der Waals surface area contributed by atoms with Crippen molar-refractivity contribution < 1.29 is 52.8 Å². The molecule has 0 spiro atoms. The molecule has 1 aromatic rings. The van der Waals surface area contributed by atoms with Gasteiger partial charge < -0.3 is 34.1 Å². The minimum Gasteiger partial charge on any atom is -0.508 e. The number of benzene rings is 1. The molecule has 1 fully saturated rings. The number of amides is 1. The van der Waals surface area contributed by atoms with E-state index in [2.05, 4.69) is 5.32 Å². The fraction of sp³-hybridized carbons (Fsp3) is 0.476. The number of ether oxygens (including phenoxy) is 5. The highest BCUT2D eigenvalue weighted by molar-refractivity contribution is 5.89. The van der Waals surface area contributed by atoms with Crippen LogP contribution in [0.4, 0.5) is 0 Å². The van der Waals surface area contributed by atoms with Crippen LogP contribution in [0.3, 0.4) is 0 Å². The second-order valence-electron chi connectivity index (χ2n) is 7.17. The fourth-order valence-electron chi connectivity index (χ4n) is 3.16. The van der Waals surface area contributed by atoms with Crippen LogP contribution in [0.5, 0.6) is 5.75 Å². The Balaban J connectivity index is 2.42. The van der Waals surface area contributed by atoms with Crippen LogP contribution in [0.1, 0.15) is 38.1 Å². The Kier molecular flexibility index (Phi) is 8.74. The van der Waals surface area contributed by atoms with E-state index in [1.807, 2.05) is 0 Å². The maximum absolute atomic E-state index is 12.6. The quantitative estimate of drug-likeness (QED) is 0.416. The molecule has 2 N–H and O–H groups in total. The third-order valence-corrected chi connectivity index (χ3v) is 4.40. The zero-order valence-electron chi connectivity index (χ0n) is 18.4. The Morgan fingerprint density at radius 1 is 0.879 bits per heavy atom. The van der Waals surface area contributed by atoms with Gasteiger partial charge in [0.1, 0.15) is 24.5 Å². The molecule has 12 heteroatoms. The number of hydrogen-bond donors (Lipinski definition) is 2. The van der Waals surface area contributed by atoms with Crippen LogP contribution >= 0.6 is 0 Å². The van der Waals surface area contributed by atoms with Crippen molar-refractivity contribution in [1.82, 2.24) is 5.32 Å². The van der Waals surface area contributed by atoms with Gasteiger partial charge in [0.25, 0.3) is 0 Å². The molecule has 33 heavy (non-hydrogen) atoms. The molecular weight excluding hydrogens is 442 g/mol. The van der Waals surface area contributed by atoms with Gasteiger partial charge in [-0.15, -0.1) is 0 Å². The molecule has 1 aliphatic rings. The van der Waals surface area contributed by atoms with E-state index in [-0.39, 0.29) is 11.3 Å². The standard InChI is InChI=1S/C21H25NO11/c1-10(23)22-17-19(31-13(4)26)18(30-12(3)25)16(9-29-11(2)24)32-21(17)33-20(28)14-5-7-15(27)8-6-14/h5-8,16-19,21,27H,9H2,1-4H3,(H,22,23)/t16-,17+,18+,19-,21+/m1/s1. The maximum atomic E-state index is 12.6. The third-order valence-electron chi connectivity index (χ3n) is 4.40. The summed E-state index contributed by atoms with van der Waals surface area (Å²) in [6.07, 6.45) is -5.37. The van der Waals surface area contributed by atoms with Gasteiger partial charge in [0.15, 0.2) is 12.2 Å². The van der Waals surface area contributed by atoms with Crippen LogP contribution in [-0.2, 0) is 42.9 Å². The van der Waals surface area contributed by atoms with Gasteiger partial charge >= 0.3 is 23.9 Å². The summed E-state index contributed by atoms with van der Waals surface area (Å²) in [5, 5.41) is 11.9. The summed E-state index contributed by atoms with van der Waals surface area (Å²) in [5.74, 6) is -3.72. The van der Waals surface area contributed by atoms with Gasteiger partial charge in [0.05, 0.1) is 5.56 Å². The molecule has 1 aromatic carbocycles. The Morgan fingerprint density at radius 3 is 1.97 bits per heavy atom. The molecule has 1 aliphatic heterocycles. The summed E-state index contributed by atoms with van der Waals surface area (Å²) in [7, 11) is 0. The van der Waals surface area contributed by atoms with Crippen LogP contribution in [0.25, 0.3) is 0 Å². The molecule has 1 heterocycles. The molecule has 0 radical (unpaired) electrons. The second kappa shape index (κ2) is 11.3. The number of carbonyl (C=O) groups is 5. The first kappa shape index (κ1) is 25.6. The molecule has 0 bridgehead atoms. The summed E-state index contributed by atoms with van der Waals surface area (Å²) in [4.78, 5) is 59.3. The molecule has 0 aliphatic carbocycles. The van der Waals surface area contributed by atoms with Gasteiger partial charge in [-0.25, -0.2) is 4.79 Å². The minimum absolute atomic E-state index is 0.0562. The van der Waals surface area contributed by atoms with Crippen molar-refractivity contribution in [3.8, 4) is 5.75 Å². The Hall–Kier alpha value is -3.67. The lowest BCUT2D eigenvalue weighted by Gasteiger charge is -2.44. The lowest BCUT2D eigenvalue weighted by Crippen LogP contribution is -2.66. The van der Waals surface area contributed by atoms with Crippen LogP contribution in [0.15, 0.2) is 24.3 Å². The van der Waals surface area contributed by atoms with Crippen LogP contribution in [0, 0.1) is 0 Å². The minimum atomic E-state index is -1.52. The van der Waals surface area contributed by atoms with Gasteiger partial charge in [-0.1, -0.05) is 0 Å². The van der Waals surface area contributed by atoms with Gasteiger partial charge in [0.2, 0.25) is 12.2 Å². The lowest BCUT2D eigenvalue weighted by molar-refractivity contribution is -0.263. The fourth-order valence-corrected chi connectivity index (χ4v) is 3.16. The first-order chi connectivity index (χ1) is 15.5. The third kappa shape index (κ3) is 7.45. The number of nitrogens with one attached hydrogen (secondary N) is 1. The number of esters is 4. The van der Waals surface area contributed by atoms with E-state index in [0.29, 0.717) is 0 Å². The molecule has 180 valence electrons. The number of hydrogen-bond acceptors (Lipinski definition) is 11. The first-order valence-corrected chi connectivity index (χ1v) is 9.88. The summed E-state index contributed by atoms with van der Waals surface area (Å²) < 4.78 is 26.7. The Bertz CT molecular complexity index is 898. The molecule has 12 nitrogen and oxygen atoms in total. The average molecular weight is 467 g/mol. The SMILES string of the molecule is CC(=O)N[C@@H]1[C@H](OC(=O)c2ccc(O)cc2)O[C@H](COC(C)=O)[C@H](OC(C)=O)[C@@H]1OC(C)=O. The summed E-state index contributed by atoms with van der Waals surface area (Å²) in [6, 6.07) is 3.87. The summed E-state index contributed by atoms with van der Waals surface area (Å²) >= 11 is 0. The highest BCUT2D eigenvalue weighted by atomic mass is 16.7. The van der Waals surface area contributed by atoms with Gasteiger partial charge in [-0.05, 0) is 24.3 Å². The predicted molar refractivity (Wildman–Crippen MR) is 108 cm³/mol. The molecule has 2 rings (SSSR count). The smallest absolute Gasteiger partial charge is 0.340 e. The molecule has 1 amide bonds. The molecule has 5 atom stereocenters. The van der Waals surface area contributed by atoms with E-state index in [1.165, 1.54) is 31.2 Å². The Morgan fingerprint density at radius 2 is 1.45 bits per heavy atom. The van der Waals surface area contributed by atoms with E-state index < -0.39 is 67.0 Å². The first-order valence-electron chi connectivity index (χ1n) is 9.88. The van der Waals surface area contributed by atoms with E-state index in [4.69, 9.17) is 23.7 Å². The van der Waals surface area contributed by atoms with E-state index >= 15 is 0 Å². The van der Waals surface area contributed by atoms with Crippen LogP contribution in [0.2, 0.25) is 0 Å². The van der Waals surface area contributed by atoms with Crippen molar-refractivity contribution in [2.45, 2.75) is 58.3 Å². The highest BCUT2D eigenvalue weighted by Gasteiger charge is 2.52. The van der Waals surface area contributed by atoms with Crippen molar-refractivity contribution in [2.75, 3.05) is 6.61 Å². The van der Waals surface area contributed by atoms with Crippen LogP contribution < -0.4 is 5.32 Å². The normalized spacial score (nSPS) is 24.2. The van der Waals surface area contributed by atoms with Gasteiger partial charge in [0, 0.05) is 27.7 Å². The number of phenols is 1. The number of carbonyl (C=O) groups excluding carboxylic acids is 5. The largest absolute Gasteiger partial charge is 0.508 e. The van der Waals surface area contributed by atoms with Crippen molar-refractivity contribution in [2.24, 2.45) is 0 Å². The monoisotopic (exact) mass is 467 g/mol. The predicted octanol–water partition coefficient (Wildman–Crippen LogP) is 0.205. The van der Waals surface area contributed by atoms with Gasteiger partial charge in [-0.3, -0.25) is 19.2 Å². The Labute approximate surface area is 189 Å². The molecular formula is C21H25NO11. The average Bonchev–Trinajstić information content (AvgIpc) is 2.70. The molecule has 0 saturated carbocycles. The molecule has 0 aromatic heterocycles. The maximum Gasteiger partial charge on any atom is 0.340 e. The second-order valence-corrected chi connectivity index (χ2v) is 7.17. The van der Waals surface area contributed by atoms with Crippen molar-refractivity contribution in [1.29, 1.82) is 0 Å². The zero-order valence-corrected chi connectivity index (χ0v) is 18.4.